The highest BCUT2D eigenvalue weighted by Crippen LogP contribution is 2.26. The predicted molar refractivity (Wildman–Crippen MR) is 235 cm³/mol. The Balaban J connectivity index is 1.32. The smallest absolute Gasteiger partial charge is 0.0906 e. The summed E-state index contributed by atoms with van der Waals surface area (Å²) in [5, 5.41) is 0. The van der Waals surface area contributed by atoms with Crippen molar-refractivity contribution in [2.75, 3.05) is 0 Å². The van der Waals surface area contributed by atoms with Crippen LogP contribution in [0.5, 0.6) is 0 Å². The van der Waals surface area contributed by atoms with E-state index < -0.39 is 0 Å². The molecule has 0 unspecified atom stereocenters. The lowest BCUT2D eigenvalue weighted by molar-refractivity contribution is 0.662. The lowest BCUT2D eigenvalue weighted by Gasteiger charge is -2.12. The van der Waals surface area contributed by atoms with Crippen molar-refractivity contribution in [3.05, 3.63) is 167 Å². The standard InChI is InChI=1S/C52H48N6/c1-3-5-7-9-19-41-37-44(28-26-40-35-51(47-23-13-17-31-55-47)58-52(36-40)48-24-14-18-32-56-48)42(20-10-8-6-4-2)38-43(41)27-25-39-33-49(45-21-11-15-29-53-45)57-50(34-39)46-22-12-16-30-54-46/h11-18,21-24,29-38H,3-10,19-20H2,1-2H3. The Morgan fingerprint density at radius 2 is 0.707 bits per heavy atom. The van der Waals surface area contributed by atoms with Crippen LogP contribution in [0.25, 0.3) is 45.6 Å². The third-order valence-corrected chi connectivity index (χ3v) is 9.97. The molecule has 0 saturated heterocycles. The molecule has 1 aromatic carbocycles. The summed E-state index contributed by atoms with van der Waals surface area (Å²) in [6.07, 6.45) is 18.4. The van der Waals surface area contributed by atoms with Crippen LogP contribution in [0.3, 0.4) is 0 Å². The molecule has 0 aliphatic carbocycles. The molecule has 7 rings (SSSR count). The minimum Gasteiger partial charge on any atom is -0.255 e. The monoisotopic (exact) mass is 756 g/mol. The average molecular weight is 757 g/mol. The maximum Gasteiger partial charge on any atom is 0.0906 e. The van der Waals surface area contributed by atoms with E-state index in [-0.39, 0.29) is 0 Å². The summed E-state index contributed by atoms with van der Waals surface area (Å²) in [6.45, 7) is 4.51. The van der Waals surface area contributed by atoms with Crippen LogP contribution in [0, 0.1) is 23.7 Å². The van der Waals surface area contributed by atoms with E-state index in [1.165, 1.54) is 49.7 Å². The highest BCUT2D eigenvalue weighted by atomic mass is 14.8. The molecule has 0 spiro atoms. The molecule has 0 saturated carbocycles. The summed E-state index contributed by atoms with van der Waals surface area (Å²) in [6, 6.07) is 36.2. The van der Waals surface area contributed by atoms with Gasteiger partial charge in [-0.15, -0.1) is 0 Å². The molecule has 0 atom stereocenters. The van der Waals surface area contributed by atoms with E-state index in [2.05, 4.69) is 69.6 Å². The molecule has 6 aromatic heterocycles. The second-order valence-corrected chi connectivity index (χ2v) is 14.4. The van der Waals surface area contributed by atoms with E-state index in [4.69, 9.17) is 9.97 Å². The molecular weight excluding hydrogens is 709 g/mol. The number of nitrogens with zero attached hydrogens (tertiary/aromatic N) is 6. The molecule has 58 heavy (non-hydrogen) atoms. The van der Waals surface area contributed by atoms with Crippen molar-refractivity contribution in [2.45, 2.75) is 78.1 Å². The van der Waals surface area contributed by atoms with Crippen LogP contribution in [-0.4, -0.2) is 29.9 Å². The van der Waals surface area contributed by atoms with E-state index in [0.29, 0.717) is 0 Å². The van der Waals surface area contributed by atoms with E-state index in [9.17, 15) is 0 Å². The fraction of sp³-hybridized carbons (Fsp3) is 0.231. The maximum absolute atomic E-state index is 4.95. The van der Waals surface area contributed by atoms with Crippen molar-refractivity contribution in [3.8, 4) is 69.2 Å². The van der Waals surface area contributed by atoms with Gasteiger partial charge < -0.3 is 0 Å². The SMILES string of the molecule is CCCCCCc1cc(C#Cc2cc(-c3ccccn3)nc(-c3ccccn3)c2)c(CCCCCC)cc1C#Cc1cc(-c2ccccn2)nc(-c2ccccn2)c1. The van der Waals surface area contributed by atoms with Gasteiger partial charge in [-0.25, -0.2) is 9.97 Å². The van der Waals surface area contributed by atoms with E-state index in [1.807, 2.05) is 97.1 Å². The van der Waals surface area contributed by atoms with Crippen LogP contribution >= 0.6 is 0 Å². The molecule has 0 amide bonds. The molecule has 7 aromatic rings. The van der Waals surface area contributed by atoms with Gasteiger partial charge in [-0.2, -0.15) is 0 Å². The van der Waals surface area contributed by atoms with Gasteiger partial charge in [0.15, 0.2) is 0 Å². The molecule has 6 heteroatoms. The largest absolute Gasteiger partial charge is 0.255 e. The number of aryl methyl sites for hydroxylation is 2. The first-order valence-electron chi connectivity index (χ1n) is 20.6. The summed E-state index contributed by atoms with van der Waals surface area (Å²) >= 11 is 0. The van der Waals surface area contributed by atoms with Crippen molar-refractivity contribution in [3.63, 3.8) is 0 Å². The molecule has 0 aliphatic heterocycles. The van der Waals surface area contributed by atoms with Crippen molar-refractivity contribution >= 4 is 0 Å². The van der Waals surface area contributed by atoms with Gasteiger partial charge in [-0.05, 0) is 122 Å². The maximum atomic E-state index is 4.95. The quantitative estimate of drug-likeness (QED) is 0.0812. The molecular formula is C52H48N6. The zero-order chi connectivity index (χ0) is 39.8. The van der Waals surface area contributed by atoms with Gasteiger partial charge in [0.1, 0.15) is 0 Å². The zero-order valence-electron chi connectivity index (χ0n) is 33.5. The van der Waals surface area contributed by atoms with Gasteiger partial charge in [0.25, 0.3) is 0 Å². The first-order valence-corrected chi connectivity index (χ1v) is 20.6. The Labute approximate surface area is 343 Å². The number of pyridine rings is 6. The van der Waals surface area contributed by atoms with Crippen molar-refractivity contribution < 1.29 is 0 Å². The summed E-state index contributed by atoms with van der Waals surface area (Å²) in [5.74, 6) is 14.4. The topological polar surface area (TPSA) is 77.3 Å². The molecule has 0 radical (unpaired) electrons. The molecule has 0 aliphatic rings. The molecule has 6 nitrogen and oxygen atoms in total. The first-order chi connectivity index (χ1) is 28.7. The number of aromatic nitrogens is 6. The Kier molecular flexibility index (Phi) is 13.9. The van der Waals surface area contributed by atoms with E-state index in [0.717, 1.165) is 93.5 Å². The summed E-state index contributed by atoms with van der Waals surface area (Å²) < 4.78 is 0. The zero-order valence-corrected chi connectivity index (χ0v) is 33.5. The van der Waals surface area contributed by atoms with Gasteiger partial charge >= 0.3 is 0 Å². The van der Waals surface area contributed by atoms with Gasteiger partial charge in [-0.1, -0.05) is 100 Å². The number of unbranched alkanes of at least 4 members (excludes halogenated alkanes) is 6. The highest BCUT2D eigenvalue weighted by molar-refractivity contribution is 5.68. The van der Waals surface area contributed by atoms with Crippen LogP contribution in [0.2, 0.25) is 0 Å². The third-order valence-electron chi connectivity index (χ3n) is 9.97. The normalized spacial score (nSPS) is 10.7. The van der Waals surface area contributed by atoms with Crippen molar-refractivity contribution in [1.82, 2.24) is 29.9 Å². The third kappa shape index (κ3) is 10.8. The molecule has 0 bridgehead atoms. The van der Waals surface area contributed by atoms with Gasteiger partial charge in [0.05, 0.1) is 45.6 Å². The Bertz CT molecular complexity index is 2240. The fourth-order valence-electron chi connectivity index (χ4n) is 6.89. The fourth-order valence-corrected chi connectivity index (χ4v) is 6.89. The summed E-state index contributed by atoms with van der Waals surface area (Å²) in [7, 11) is 0. The molecule has 286 valence electrons. The van der Waals surface area contributed by atoms with Crippen LogP contribution in [0.15, 0.2) is 134 Å². The number of hydrogen-bond acceptors (Lipinski definition) is 6. The summed E-state index contributed by atoms with van der Waals surface area (Å²) in [5.41, 5.74) is 12.6. The van der Waals surface area contributed by atoms with Crippen molar-refractivity contribution in [2.24, 2.45) is 0 Å². The van der Waals surface area contributed by atoms with E-state index >= 15 is 0 Å². The summed E-state index contributed by atoms with van der Waals surface area (Å²) in [4.78, 5) is 28.3. The second kappa shape index (κ2) is 20.4. The second-order valence-electron chi connectivity index (χ2n) is 14.4. The average Bonchev–Trinajstić information content (AvgIpc) is 3.29. The number of benzene rings is 1. The molecule has 0 fully saturated rings. The van der Waals surface area contributed by atoms with Gasteiger partial charge in [0.2, 0.25) is 0 Å². The Morgan fingerprint density at radius 1 is 0.362 bits per heavy atom. The highest BCUT2D eigenvalue weighted by Gasteiger charge is 2.12. The molecule has 0 N–H and O–H groups in total. The first kappa shape index (κ1) is 39.5. The van der Waals surface area contributed by atoms with Gasteiger partial charge in [0, 0.05) is 47.0 Å². The van der Waals surface area contributed by atoms with Crippen LogP contribution in [0.1, 0.15) is 98.6 Å². The minimum atomic E-state index is 0.767. The lowest BCUT2D eigenvalue weighted by atomic mass is 9.92. The lowest BCUT2D eigenvalue weighted by Crippen LogP contribution is -2.00. The minimum absolute atomic E-state index is 0.767. The predicted octanol–water partition coefficient (Wildman–Crippen LogP) is 11.8. The van der Waals surface area contributed by atoms with Crippen LogP contribution in [0.4, 0.5) is 0 Å². The Hall–Kier alpha value is -6.76. The number of rotatable bonds is 14. The van der Waals surface area contributed by atoms with Crippen LogP contribution < -0.4 is 0 Å². The Morgan fingerprint density at radius 3 is 1.00 bits per heavy atom. The van der Waals surface area contributed by atoms with Gasteiger partial charge in [-0.3, -0.25) is 19.9 Å². The molecule has 6 heterocycles. The van der Waals surface area contributed by atoms with Crippen LogP contribution in [-0.2, 0) is 12.8 Å². The number of hydrogen-bond donors (Lipinski definition) is 0. The van der Waals surface area contributed by atoms with Crippen molar-refractivity contribution in [1.29, 1.82) is 0 Å². The van der Waals surface area contributed by atoms with E-state index in [1.54, 1.807) is 24.8 Å².